The maximum Gasteiger partial charge on any atom is 0.168 e. The van der Waals surface area contributed by atoms with E-state index in [0.29, 0.717) is 5.56 Å². The molecule has 0 bridgehead atoms. The number of aromatic nitrogens is 2. The fourth-order valence-electron chi connectivity index (χ4n) is 2.02. The zero-order chi connectivity index (χ0) is 14.7. The highest BCUT2D eigenvalue weighted by molar-refractivity contribution is 5.97. The minimum atomic E-state index is -0.530. The Bertz CT molecular complexity index is 635. The van der Waals surface area contributed by atoms with Crippen LogP contribution < -0.4 is 4.74 Å². The van der Waals surface area contributed by atoms with Gasteiger partial charge in [0.25, 0.3) is 0 Å². The number of halogens is 1. The Kier molecular flexibility index (Phi) is 4.17. The summed E-state index contributed by atoms with van der Waals surface area (Å²) in [6.45, 7) is 2.01. The Morgan fingerprint density at radius 1 is 1.40 bits per heavy atom. The summed E-state index contributed by atoms with van der Waals surface area (Å²) in [5.41, 5.74) is 2.10. The Labute approximate surface area is 117 Å². The van der Waals surface area contributed by atoms with Crippen molar-refractivity contribution in [1.82, 2.24) is 9.78 Å². The lowest BCUT2D eigenvalue weighted by Crippen LogP contribution is -2.08. The number of carbonyl (C=O) groups is 1. The molecule has 4 nitrogen and oxygen atoms in total. The number of ether oxygens (including phenoxy) is 1. The molecule has 0 saturated heterocycles. The number of nitrogens with zero attached hydrogens (tertiary/aromatic N) is 2. The van der Waals surface area contributed by atoms with Crippen LogP contribution >= 0.6 is 0 Å². The average molecular weight is 276 g/mol. The van der Waals surface area contributed by atoms with Crippen LogP contribution in [-0.4, -0.2) is 22.7 Å². The van der Waals surface area contributed by atoms with Crippen molar-refractivity contribution in [1.29, 1.82) is 0 Å². The molecule has 1 aromatic carbocycles. The lowest BCUT2D eigenvalue weighted by molar-refractivity contribution is 0.0990. The quantitative estimate of drug-likeness (QED) is 0.788. The van der Waals surface area contributed by atoms with Crippen LogP contribution in [0.5, 0.6) is 5.75 Å². The van der Waals surface area contributed by atoms with Crippen LogP contribution in [0.3, 0.4) is 0 Å². The lowest BCUT2D eigenvalue weighted by Gasteiger charge is -2.05. The predicted molar refractivity (Wildman–Crippen MR) is 73.6 cm³/mol. The molecule has 2 aromatic rings. The summed E-state index contributed by atoms with van der Waals surface area (Å²) in [6, 6.07) is 6.14. The third-order valence-electron chi connectivity index (χ3n) is 3.21. The van der Waals surface area contributed by atoms with E-state index >= 15 is 0 Å². The molecule has 0 aliphatic carbocycles. The second kappa shape index (κ2) is 5.86. The number of aryl methyl sites for hydroxylation is 2. The van der Waals surface area contributed by atoms with Gasteiger partial charge in [0.1, 0.15) is 0 Å². The normalized spacial score (nSPS) is 10.6. The summed E-state index contributed by atoms with van der Waals surface area (Å²) < 4.78 is 20.1. The Morgan fingerprint density at radius 2 is 2.15 bits per heavy atom. The van der Waals surface area contributed by atoms with E-state index in [-0.39, 0.29) is 18.0 Å². The lowest BCUT2D eigenvalue weighted by atomic mass is 10.1. The first-order valence-corrected chi connectivity index (χ1v) is 6.43. The summed E-state index contributed by atoms with van der Waals surface area (Å²) in [6.07, 6.45) is 1.02. The van der Waals surface area contributed by atoms with Crippen LogP contribution in [0.2, 0.25) is 0 Å². The van der Waals surface area contributed by atoms with Crippen LogP contribution in [0.1, 0.15) is 28.7 Å². The predicted octanol–water partition coefficient (Wildman–Crippen LogP) is 2.56. The first kappa shape index (κ1) is 14.2. The van der Waals surface area contributed by atoms with E-state index in [0.717, 1.165) is 17.8 Å². The summed E-state index contributed by atoms with van der Waals surface area (Å²) >= 11 is 0. The largest absolute Gasteiger partial charge is 0.494 e. The molecule has 0 saturated carbocycles. The number of ketones is 1. The number of benzene rings is 1. The second-order valence-electron chi connectivity index (χ2n) is 4.55. The Balaban J connectivity index is 2.19. The van der Waals surface area contributed by atoms with Crippen molar-refractivity contribution in [3.63, 3.8) is 0 Å². The van der Waals surface area contributed by atoms with Crippen molar-refractivity contribution in [2.45, 2.75) is 19.8 Å². The van der Waals surface area contributed by atoms with Crippen molar-refractivity contribution in [2.75, 3.05) is 7.11 Å². The molecule has 1 aromatic heterocycles. The van der Waals surface area contributed by atoms with Gasteiger partial charge >= 0.3 is 0 Å². The van der Waals surface area contributed by atoms with Gasteiger partial charge in [-0.25, -0.2) is 4.39 Å². The van der Waals surface area contributed by atoms with Crippen molar-refractivity contribution in [3.05, 3.63) is 47.0 Å². The van der Waals surface area contributed by atoms with Crippen LogP contribution in [0.25, 0.3) is 0 Å². The standard InChI is InChI=1S/C15H17FN2O2/c1-4-11-8-12(18(2)17-11)9-14(19)10-5-6-15(20-3)13(16)7-10/h5-8H,4,9H2,1-3H3. The highest BCUT2D eigenvalue weighted by Gasteiger charge is 2.13. The van der Waals surface area contributed by atoms with Crippen LogP contribution in [0.15, 0.2) is 24.3 Å². The number of hydrogen-bond acceptors (Lipinski definition) is 3. The molecule has 20 heavy (non-hydrogen) atoms. The number of carbonyl (C=O) groups excluding carboxylic acids is 1. The summed E-state index contributed by atoms with van der Waals surface area (Å²) in [4.78, 5) is 12.2. The molecule has 5 heteroatoms. The average Bonchev–Trinajstić information content (AvgIpc) is 2.79. The third kappa shape index (κ3) is 2.87. The topological polar surface area (TPSA) is 44.1 Å². The number of rotatable bonds is 5. The van der Waals surface area contributed by atoms with Gasteiger partial charge in [-0.2, -0.15) is 5.10 Å². The first-order valence-electron chi connectivity index (χ1n) is 6.43. The first-order chi connectivity index (χ1) is 9.55. The molecule has 1 heterocycles. The minimum absolute atomic E-state index is 0.135. The van der Waals surface area contributed by atoms with Gasteiger partial charge in [0.15, 0.2) is 17.3 Å². The molecule has 106 valence electrons. The van der Waals surface area contributed by atoms with Gasteiger partial charge in [-0.15, -0.1) is 0 Å². The Morgan fingerprint density at radius 3 is 2.70 bits per heavy atom. The van der Waals surface area contributed by atoms with Crippen molar-refractivity contribution in [3.8, 4) is 5.75 Å². The van der Waals surface area contributed by atoms with E-state index in [9.17, 15) is 9.18 Å². The summed E-state index contributed by atoms with van der Waals surface area (Å²) in [7, 11) is 3.19. The van der Waals surface area contributed by atoms with Crippen LogP contribution in [0, 0.1) is 5.82 Å². The van der Waals surface area contributed by atoms with E-state index in [1.165, 1.54) is 19.2 Å². The zero-order valence-corrected chi connectivity index (χ0v) is 11.8. The van der Waals surface area contributed by atoms with Crippen molar-refractivity contribution in [2.24, 2.45) is 7.05 Å². The van der Waals surface area contributed by atoms with Crippen LogP contribution in [-0.2, 0) is 19.9 Å². The molecule has 0 unspecified atom stereocenters. The molecule has 2 rings (SSSR count). The molecule has 0 amide bonds. The van der Waals surface area contributed by atoms with Gasteiger partial charge in [-0.3, -0.25) is 9.48 Å². The number of methoxy groups -OCH3 is 1. The van der Waals surface area contributed by atoms with E-state index in [1.54, 1.807) is 17.8 Å². The second-order valence-corrected chi connectivity index (χ2v) is 4.55. The monoisotopic (exact) mass is 276 g/mol. The third-order valence-corrected chi connectivity index (χ3v) is 3.21. The molecule has 0 N–H and O–H groups in total. The van der Waals surface area contributed by atoms with E-state index in [2.05, 4.69) is 5.10 Å². The zero-order valence-electron chi connectivity index (χ0n) is 11.8. The molecule has 0 atom stereocenters. The van der Waals surface area contributed by atoms with Gasteiger partial charge in [-0.05, 0) is 30.7 Å². The SMILES string of the molecule is CCc1cc(CC(=O)c2ccc(OC)c(F)c2)n(C)n1. The van der Waals surface area contributed by atoms with E-state index in [1.807, 2.05) is 13.0 Å². The smallest absolute Gasteiger partial charge is 0.168 e. The fraction of sp³-hybridized carbons (Fsp3) is 0.333. The van der Waals surface area contributed by atoms with Gasteiger partial charge < -0.3 is 4.74 Å². The summed E-state index contributed by atoms with van der Waals surface area (Å²) in [5, 5.41) is 4.29. The summed E-state index contributed by atoms with van der Waals surface area (Å²) in [5.74, 6) is -0.537. The Hall–Kier alpha value is -2.17. The molecule has 0 fully saturated rings. The van der Waals surface area contributed by atoms with Gasteiger partial charge in [0.05, 0.1) is 19.2 Å². The number of hydrogen-bond donors (Lipinski definition) is 0. The van der Waals surface area contributed by atoms with E-state index < -0.39 is 5.82 Å². The fourth-order valence-corrected chi connectivity index (χ4v) is 2.02. The van der Waals surface area contributed by atoms with Gasteiger partial charge in [0.2, 0.25) is 0 Å². The van der Waals surface area contributed by atoms with Crippen LogP contribution in [0.4, 0.5) is 4.39 Å². The number of Topliss-reactive ketones (excluding diaryl/α,β-unsaturated/α-hetero) is 1. The maximum absolute atomic E-state index is 13.6. The van der Waals surface area contributed by atoms with Gasteiger partial charge in [-0.1, -0.05) is 6.92 Å². The minimum Gasteiger partial charge on any atom is -0.494 e. The molecule has 0 aliphatic rings. The highest BCUT2D eigenvalue weighted by atomic mass is 19.1. The molecular formula is C15H17FN2O2. The highest BCUT2D eigenvalue weighted by Crippen LogP contribution is 2.19. The molecular weight excluding hydrogens is 259 g/mol. The molecule has 0 spiro atoms. The van der Waals surface area contributed by atoms with Gasteiger partial charge in [0, 0.05) is 18.3 Å². The molecule has 0 radical (unpaired) electrons. The van der Waals surface area contributed by atoms with E-state index in [4.69, 9.17) is 4.74 Å². The maximum atomic E-state index is 13.6. The van der Waals surface area contributed by atoms with Crippen molar-refractivity contribution < 1.29 is 13.9 Å². The van der Waals surface area contributed by atoms with Crippen molar-refractivity contribution >= 4 is 5.78 Å². The molecule has 0 aliphatic heterocycles.